The normalized spacial score (nSPS) is 11.8. The standard InChI is InChI=1S/C15H10ClFN2O4S/c1-7-3-2-4-9(12(7)17)24(22,23)10-6-5-8(16)11-13(10)18-15(21)19-14(11)20/h2-6H,1H3,(H2,18,19,20,21). The maximum Gasteiger partial charge on any atom is 0.326 e. The average Bonchev–Trinajstić information content (AvgIpc) is 2.49. The number of sulfone groups is 1. The minimum Gasteiger partial charge on any atom is -0.306 e. The van der Waals surface area contributed by atoms with Crippen molar-refractivity contribution in [3.63, 3.8) is 0 Å². The number of benzene rings is 2. The zero-order valence-electron chi connectivity index (χ0n) is 12.2. The predicted octanol–water partition coefficient (Wildman–Crippen LogP) is 2.15. The van der Waals surface area contributed by atoms with Gasteiger partial charge >= 0.3 is 5.69 Å². The number of halogens is 2. The molecular formula is C15H10ClFN2O4S. The van der Waals surface area contributed by atoms with Gasteiger partial charge in [-0.15, -0.1) is 0 Å². The van der Waals surface area contributed by atoms with Crippen molar-refractivity contribution in [3.05, 3.63) is 67.6 Å². The Bertz CT molecular complexity index is 1200. The van der Waals surface area contributed by atoms with Gasteiger partial charge in [-0.1, -0.05) is 23.7 Å². The van der Waals surface area contributed by atoms with Gasteiger partial charge in [0.2, 0.25) is 9.84 Å². The first-order valence-corrected chi connectivity index (χ1v) is 8.54. The molecule has 3 rings (SSSR count). The number of fused-ring (bicyclic) bond motifs is 1. The van der Waals surface area contributed by atoms with E-state index in [0.717, 1.165) is 12.1 Å². The van der Waals surface area contributed by atoms with Crippen molar-refractivity contribution < 1.29 is 12.8 Å². The van der Waals surface area contributed by atoms with Crippen molar-refractivity contribution in [1.29, 1.82) is 0 Å². The number of aromatic amines is 2. The molecule has 0 unspecified atom stereocenters. The summed E-state index contributed by atoms with van der Waals surface area (Å²) in [6.45, 7) is 1.43. The molecule has 3 aromatic rings. The summed E-state index contributed by atoms with van der Waals surface area (Å²) in [7, 11) is -4.33. The van der Waals surface area contributed by atoms with E-state index in [1.165, 1.54) is 25.1 Å². The summed E-state index contributed by atoms with van der Waals surface area (Å²) in [5.41, 5.74) is -1.84. The Balaban J connectivity index is 2.46. The molecule has 9 heteroatoms. The maximum absolute atomic E-state index is 14.3. The first kappa shape index (κ1) is 16.4. The molecule has 2 N–H and O–H groups in total. The Labute approximate surface area is 139 Å². The van der Waals surface area contributed by atoms with Gasteiger partial charge in [0, 0.05) is 0 Å². The summed E-state index contributed by atoms with van der Waals surface area (Å²) in [4.78, 5) is 26.7. The number of aryl methyl sites for hydroxylation is 1. The molecular weight excluding hydrogens is 359 g/mol. The van der Waals surface area contributed by atoms with Gasteiger partial charge in [0.1, 0.15) is 10.7 Å². The van der Waals surface area contributed by atoms with Crippen LogP contribution in [0.2, 0.25) is 5.02 Å². The molecule has 0 aliphatic heterocycles. The van der Waals surface area contributed by atoms with E-state index >= 15 is 0 Å². The molecule has 0 spiro atoms. The molecule has 0 bridgehead atoms. The van der Waals surface area contributed by atoms with Crippen LogP contribution in [-0.4, -0.2) is 18.4 Å². The molecule has 0 fully saturated rings. The molecule has 0 atom stereocenters. The molecule has 124 valence electrons. The van der Waals surface area contributed by atoms with Crippen LogP contribution in [-0.2, 0) is 9.84 Å². The zero-order chi connectivity index (χ0) is 17.6. The highest BCUT2D eigenvalue weighted by Crippen LogP contribution is 2.30. The third-order valence-corrected chi connectivity index (χ3v) is 5.67. The lowest BCUT2D eigenvalue weighted by atomic mass is 10.2. The fourth-order valence-electron chi connectivity index (χ4n) is 2.39. The number of H-pyrrole nitrogens is 2. The molecule has 0 radical (unpaired) electrons. The van der Waals surface area contributed by atoms with Crippen LogP contribution in [0.4, 0.5) is 4.39 Å². The lowest BCUT2D eigenvalue weighted by molar-refractivity contribution is 0.562. The van der Waals surface area contributed by atoms with Crippen LogP contribution in [0, 0.1) is 12.7 Å². The van der Waals surface area contributed by atoms with Gasteiger partial charge < -0.3 is 4.98 Å². The third-order valence-electron chi connectivity index (χ3n) is 3.54. The van der Waals surface area contributed by atoms with E-state index in [-0.39, 0.29) is 21.5 Å². The third kappa shape index (κ3) is 2.44. The van der Waals surface area contributed by atoms with Crippen molar-refractivity contribution in [2.45, 2.75) is 16.7 Å². The van der Waals surface area contributed by atoms with Gasteiger partial charge in [-0.05, 0) is 30.7 Å². The largest absolute Gasteiger partial charge is 0.326 e. The highest BCUT2D eigenvalue weighted by Gasteiger charge is 2.26. The molecule has 0 aliphatic rings. The quantitative estimate of drug-likeness (QED) is 0.723. The van der Waals surface area contributed by atoms with Gasteiger partial charge in [0.25, 0.3) is 5.56 Å². The molecule has 2 aromatic carbocycles. The van der Waals surface area contributed by atoms with Crippen LogP contribution in [0.5, 0.6) is 0 Å². The van der Waals surface area contributed by atoms with Crippen LogP contribution in [0.3, 0.4) is 0 Å². The second kappa shape index (κ2) is 5.57. The van der Waals surface area contributed by atoms with Crippen LogP contribution < -0.4 is 11.2 Å². The van der Waals surface area contributed by atoms with E-state index < -0.39 is 36.7 Å². The number of hydrogen-bond donors (Lipinski definition) is 2. The molecule has 0 aliphatic carbocycles. The molecule has 6 nitrogen and oxygen atoms in total. The van der Waals surface area contributed by atoms with Crippen molar-refractivity contribution in [2.75, 3.05) is 0 Å². The first-order chi connectivity index (χ1) is 11.2. The molecule has 0 saturated carbocycles. The monoisotopic (exact) mass is 368 g/mol. The van der Waals surface area contributed by atoms with E-state index in [9.17, 15) is 22.4 Å². The fraction of sp³-hybridized carbons (Fsp3) is 0.0667. The minimum absolute atomic E-state index is 0.0360. The van der Waals surface area contributed by atoms with Gasteiger partial charge in [-0.2, -0.15) is 0 Å². The van der Waals surface area contributed by atoms with Crippen LogP contribution in [0.15, 0.2) is 49.7 Å². The molecule has 0 saturated heterocycles. The molecule has 24 heavy (non-hydrogen) atoms. The highest BCUT2D eigenvalue weighted by atomic mass is 35.5. The number of nitrogens with one attached hydrogen (secondary N) is 2. The van der Waals surface area contributed by atoms with Gasteiger partial charge in [-0.3, -0.25) is 9.78 Å². The topological polar surface area (TPSA) is 99.9 Å². The van der Waals surface area contributed by atoms with Crippen LogP contribution in [0.1, 0.15) is 5.56 Å². The molecule has 1 aromatic heterocycles. The second-order valence-corrected chi connectivity index (χ2v) is 7.39. The zero-order valence-corrected chi connectivity index (χ0v) is 13.8. The Kier molecular flexibility index (Phi) is 3.81. The van der Waals surface area contributed by atoms with E-state index in [0.29, 0.717) is 0 Å². The van der Waals surface area contributed by atoms with Crippen molar-refractivity contribution in [3.8, 4) is 0 Å². The Morgan fingerprint density at radius 3 is 2.46 bits per heavy atom. The van der Waals surface area contributed by atoms with Crippen molar-refractivity contribution >= 4 is 32.3 Å². The lowest BCUT2D eigenvalue weighted by Crippen LogP contribution is -2.23. The highest BCUT2D eigenvalue weighted by molar-refractivity contribution is 7.91. The summed E-state index contributed by atoms with van der Waals surface area (Å²) in [6, 6.07) is 6.28. The van der Waals surface area contributed by atoms with E-state index in [1.807, 2.05) is 4.98 Å². The predicted molar refractivity (Wildman–Crippen MR) is 86.8 cm³/mol. The SMILES string of the molecule is Cc1cccc(S(=O)(=O)c2ccc(Cl)c3c(=O)[nH]c(=O)[nH]c23)c1F. The second-order valence-electron chi connectivity index (χ2n) is 5.09. The average molecular weight is 369 g/mol. The first-order valence-electron chi connectivity index (χ1n) is 6.68. The van der Waals surface area contributed by atoms with Gasteiger partial charge in [-0.25, -0.2) is 17.6 Å². The summed E-state index contributed by atoms with van der Waals surface area (Å²) in [5, 5.41) is -0.225. The smallest absolute Gasteiger partial charge is 0.306 e. The Morgan fingerprint density at radius 1 is 1.04 bits per heavy atom. The minimum atomic E-state index is -4.33. The maximum atomic E-state index is 14.3. The van der Waals surface area contributed by atoms with Gasteiger partial charge in [0.05, 0.1) is 20.8 Å². The summed E-state index contributed by atoms with van der Waals surface area (Å²) in [5.74, 6) is -0.896. The lowest BCUT2D eigenvalue weighted by Gasteiger charge is -2.10. The summed E-state index contributed by atoms with van der Waals surface area (Å²) in [6.07, 6.45) is 0. The van der Waals surface area contributed by atoms with E-state index in [2.05, 4.69) is 4.98 Å². The fourth-order valence-corrected chi connectivity index (χ4v) is 4.19. The van der Waals surface area contributed by atoms with E-state index in [4.69, 9.17) is 11.6 Å². The number of aromatic nitrogens is 2. The van der Waals surface area contributed by atoms with Crippen molar-refractivity contribution in [1.82, 2.24) is 9.97 Å². The van der Waals surface area contributed by atoms with E-state index in [1.54, 1.807) is 0 Å². The summed E-state index contributed by atoms with van der Waals surface area (Å²) < 4.78 is 40.0. The number of hydrogen-bond acceptors (Lipinski definition) is 4. The van der Waals surface area contributed by atoms with Gasteiger partial charge in [0.15, 0.2) is 0 Å². The van der Waals surface area contributed by atoms with Crippen LogP contribution >= 0.6 is 11.6 Å². The number of rotatable bonds is 2. The summed E-state index contributed by atoms with van der Waals surface area (Å²) >= 11 is 5.93. The van der Waals surface area contributed by atoms with Crippen molar-refractivity contribution in [2.24, 2.45) is 0 Å². The Hall–Kier alpha value is -2.45. The Morgan fingerprint density at radius 2 is 1.75 bits per heavy atom. The van der Waals surface area contributed by atoms with Crippen LogP contribution in [0.25, 0.3) is 10.9 Å². The molecule has 1 heterocycles. The molecule has 0 amide bonds.